The van der Waals surface area contributed by atoms with Crippen molar-refractivity contribution in [2.75, 3.05) is 0 Å². The minimum absolute atomic E-state index is 0. The summed E-state index contributed by atoms with van der Waals surface area (Å²) in [5.74, 6) is -0.781. The number of carbonyl (C=O) groups is 1. The minimum Gasteiger partial charge on any atom is -0.546 e. The Kier molecular flexibility index (Phi) is 5.60. The van der Waals surface area contributed by atoms with E-state index in [1.807, 2.05) is 0 Å². The van der Waals surface area contributed by atoms with Crippen molar-refractivity contribution in [2.45, 2.75) is 13.0 Å². The molecule has 0 aliphatic rings. The Bertz CT molecular complexity index is 296. The molecule has 0 amide bonds. The summed E-state index contributed by atoms with van der Waals surface area (Å²) >= 11 is 0. The molecule has 0 unspecified atom stereocenters. The van der Waals surface area contributed by atoms with Crippen LogP contribution in [0.25, 0.3) is 0 Å². The van der Waals surface area contributed by atoms with Crippen LogP contribution in [0.4, 0.5) is 0 Å². The molecule has 1 atom stereocenters. The zero-order chi connectivity index (χ0) is 9.84. The summed E-state index contributed by atoms with van der Waals surface area (Å²) in [5.41, 5.74) is 0. The maximum atomic E-state index is 10.3. The molecule has 4 nitrogen and oxygen atoms in total. The number of aromatic hydroxyl groups is 1. The summed E-state index contributed by atoms with van der Waals surface area (Å²) in [6.45, 7) is 1.38. The molecule has 1 rings (SSSR count). The summed E-state index contributed by atoms with van der Waals surface area (Å²) in [6, 6.07) is 5.79. The predicted octanol–water partition coefficient (Wildman–Crippen LogP) is -3.09. The molecule has 70 valence electrons. The molecule has 0 aromatic heterocycles. The second-order valence-corrected chi connectivity index (χ2v) is 2.57. The van der Waals surface area contributed by atoms with Crippen LogP contribution in [-0.4, -0.2) is 17.2 Å². The van der Waals surface area contributed by atoms with E-state index in [9.17, 15) is 9.90 Å². The van der Waals surface area contributed by atoms with Crippen LogP contribution in [0, 0.1) is 0 Å². The van der Waals surface area contributed by atoms with Crippen molar-refractivity contribution in [3.05, 3.63) is 24.3 Å². The first-order valence-electron chi connectivity index (χ1n) is 3.76. The van der Waals surface area contributed by atoms with Crippen LogP contribution in [0.1, 0.15) is 6.92 Å². The fourth-order valence-corrected chi connectivity index (χ4v) is 0.777. The molecule has 0 saturated heterocycles. The van der Waals surface area contributed by atoms with Crippen LogP contribution in [0.15, 0.2) is 24.3 Å². The molecule has 0 aliphatic heterocycles. The molecule has 0 fully saturated rings. The van der Waals surface area contributed by atoms with Crippen molar-refractivity contribution in [1.29, 1.82) is 0 Å². The van der Waals surface area contributed by atoms with Gasteiger partial charge in [-0.1, -0.05) is 0 Å². The van der Waals surface area contributed by atoms with Gasteiger partial charge in [0, 0.05) is 0 Å². The Labute approximate surface area is 104 Å². The van der Waals surface area contributed by atoms with Crippen molar-refractivity contribution in [3.8, 4) is 11.5 Å². The standard InChI is InChI=1S/C9H10O4.Na/c1-6(9(11)12)13-8-4-2-7(10)3-5-8;/h2-6,10H,1H3,(H,11,12);/q;+1/p-1/t6-;/m0./s1. The fraction of sp³-hybridized carbons (Fsp3) is 0.222. The van der Waals surface area contributed by atoms with Crippen LogP contribution < -0.4 is 39.4 Å². The molecule has 0 heterocycles. The van der Waals surface area contributed by atoms with E-state index in [1.54, 1.807) is 0 Å². The smallest absolute Gasteiger partial charge is 0.546 e. The summed E-state index contributed by atoms with van der Waals surface area (Å²) in [5, 5.41) is 19.2. The number of hydrogen-bond donors (Lipinski definition) is 1. The van der Waals surface area contributed by atoms with E-state index in [-0.39, 0.29) is 35.3 Å². The van der Waals surface area contributed by atoms with Crippen molar-refractivity contribution in [1.82, 2.24) is 0 Å². The zero-order valence-electron chi connectivity index (χ0n) is 8.06. The first-order chi connectivity index (χ1) is 6.09. The molecule has 5 heteroatoms. The second-order valence-electron chi connectivity index (χ2n) is 2.57. The quantitative estimate of drug-likeness (QED) is 0.530. The third kappa shape index (κ3) is 4.00. The Morgan fingerprint density at radius 2 is 1.93 bits per heavy atom. The van der Waals surface area contributed by atoms with Gasteiger partial charge in [-0.3, -0.25) is 0 Å². The number of carboxylic acid groups (broad SMARTS) is 1. The van der Waals surface area contributed by atoms with Crippen LogP contribution in [0.5, 0.6) is 11.5 Å². The van der Waals surface area contributed by atoms with Gasteiger partial charge in [-0.2, -0.15) is 0 Å². The third-order valence-electron chi connectivity index (χ3n) is 1.48. The van der Waals surface area contributed by atoms with Gasteiger partial charge in [0.25, 0.3) is 0 Å². The Hall–Kier alpha value is -0.710. The van der Waals surface area contributed by atoms with Crippen molar-refractivity contribution in [2.24, 2.45) is 0 Å². The first-order valence-corrected chi connectivity index (χ1v) is 3.76. The average molecular weight is 204 g/mol. The Morgan fingerprint density at radius 1 is 1.43 bits per heavy atom. The molecule has 14 heavy (non-hydrogen) atoms. The maximum Gasteiger partial charge on any atom is 1.00 e. The van der Waals surface area contributed by atoms with Gasteiger partial charge < -0.3 is 19.7 Å². The van der Waals surface area contributed by atoms with E-state index < -0.39 is 12.1 Å². The van der Waals surface area contributed by atoms with Crippen LogP contribution >= 0.6 is 0 Å². The fourth-order valence-electron chi connectivity index (χ4n) is 0.777. The monoisotopic (exact) mass is 204 g/mol. The molecule has 1 aromatic rings. The summed E-state index contributed by atoms with van der Waals surface area (Å²) in [6.07, 6.45) is -0.996. The molecule has 1 aromatic carbocycles. The topological polar surface area (TPSA) is 69.6 Å². The van der Waals surface area contributed by atoms with Crippen LogP contribution in [-0.2, 0) is 4.79 Å². The molecular formula is C9H9NaO4. The molecule has 0 aliphatic carbocycles. The number of aliphatic carboxylic acids is 1. The van der Waals surface area contributed by atoms with Crippen LogP contribution in [0.2, 0.25) is 0 Å². The Morgan fingerprint density at radius 3 is 2.36 bits per heavy atom. The van der Waals surface area contributed by atoms with Crippen molar-refractivity contribution in [3.63, 3.8) is 0 Å². The van der Waals surface area contributed by atoms with Gasteiger partial charge in [0.15, 0.2) is 0 Å². The number of carbonyl (C=O) groups excluding carboxylic acids is 1. The Balaban J connectivity index is 0.00000169. The first kappa shape index (κ1) is 13.3. The van der Waals surface area contributed by atoms with E-state index in [2.05, 4.69) is 0 Å². The van der Waals surface area contributed by atoms with E-state index >= 15 is 0 Å². The molecule has 0 bridgehead atoms. The number of phenols is 1. The van der Waals surface area contributed by atoms with E-state index in [0.29, 0.717) is 5.75 Å². The predicted molar refractivity (Wildman–Crippen MR) is 43.2 cm³/mol. The summed E-state index contributed by atoms with van der Waals surface area (Å²) < 4.78 is 4.96. The van der Waals surface area contributed by atoms with Gasteiger partial charge in [0.05, 0.1) is 5.97 Å². The van der Waals surface area contributed by atoms with Gasteiger partial charge in [0.1, 0.15) is 17.6 Å². The van der Waals surface area contributed by atoms with Gasteiger partial charge in [-0.25, -0.2) is 0 Å². The molecule has 0 saturated carbocycles. The normalized spacial score (nSPS) is 11.2. The summed E-state index contributed by atoms with van der Waals surface area (Å²) in [4.78, 5) is 10.3. The molecule has 0 radical (unpaired) electrons. The van der Waals surface area contributed by atoms with Gasteiger partial charge in [0.2, 0.25) is 0 Å². The maximum absolute atomic E-state index is 10.3. The zero-order valence-corrected chi connectivity index (χ0v) is 10.1. The number of rotatable bonds is 3. The number of carboxylic acids is 1. The number of hydrogen-bond acceptors (Lipinski definition) is 4. The largest absolute Gasteiger partial charge is 1.00 e. The second kappa shape index (κ2) is 5.90. The molecular weight excluding hydrogens is 195 g/mol. The van der Waals surface area contributed by atoms with Crippen molar-refractivity contribution < 1.29 is 49.3 Å². The molecule has 0 spiro atoms. The minimum atomic E-state index is -1.27. The van der Waals surface area contributed by atoms with Crippen molar-refractivity contribution >= 4 is 5.97 Å². The summed E-state index contributed by atoms with van der Waals surface area (Å²) in [7, 11) is 0. The van der Waals surface area contributed by atoms with Gasteiger partial charge in [-0.05, 0) is 31.2 Å². The average Bonchev–Trinajstić information content (AvgIpc) is 2.08. The van der Waals surface area contributed by atoms with Gasteiger partial charge in [-0.15, -0.1) is 0 Å². The number of ether oxygens (including phenoxy) is 1. The van der Waals surface area contributed by atoms with Crippen LogP contribution in [0.3, 0.4) is 0 Å². The van der Waals surface area contributed by atoms with Gasteiger partial charge >= 0.3 is 29.6 Å². The van der Waals surface area contributed by atoms with E-state index in [0.717, 1.165) is 0 Å². The molecule has 1 N–H and O–H groups in total. The SMILES string of the molecule is C[C@H](Oc1ccc(O)cc1)C(=O)[O-].[Na+]. The third-order valence-corrected chi connectivity index (χ3v) is 1.48. The number of benzene rings is 1. The van der Waals surface area contributed by atoms with E-state index in [4.69, 9.17) is 9.84 Å². The van der Waals surface area contributed by atoms with E-state index in [1.165, 1.54) is 31.2 Å². The number of phenolic OH excluding ortho intramolecular Hbond substituents is 1.